The fourth-order valence-electron chi connectivity index (χ4n) is 2.07. The Hall–Kier alpha value is -2.30. The Morgan fingerprint density at radius 3 is 2.73 bits per heavy atom. The molecule has 5 heteroatoms. The summed E-state index contributed by atoms with van der Waals surface area (Å²) in [7, 11) is 0. The number of amides is 1. The molecule has 1 aromatic carbocycles. The SMILES string of the molecule is CCCCN(CC)C(=O)c1cc(OCc2ccccc2)no1. The van der Waals surface area contributed by atoms with Crippen LogP contribution in [0.2, 0.25) is 0 Å². The lowest BCUT2D eigenvalue weighted by atomic mass is 10.2. The zero-order chi connectivity index (χ0) is 15.8. The van der Waals surface area contributed by atoms with E-state index in [1.165, 1.54) is 0 Å². The first-order valence-corrected chi connectivity index (χ1v) is 7.67. The molecule has 1 amide bonds. The molecule has 0 saturated heterocycles. The van der Waals surface area contributed by atoms with Crippen LogP contribution in [0.25, 0.3) is 0 Å². The zero-order valence-electron chi connectivity index (χ0n) is 13.1. The lowest BCUT2D eigenvalue weighted by Crippen LogP contribution is -2.31. The summed E-state index contributed by atoms with van der Waals surface area (Å²) in [5.41, 5.74) is 1.04. The Morgan fingerprint density at radius 2 is 2.05 bits per heavy atom. The van der Waals surface area contributed by atoms with Crippen LogP contribution in [0, 0.1) is 0 Å². The number of nitrogens with zero attached hydrogens (tertiary/aromatic N) is 2. The number of unbranched alkanes of at least 4 members (excludes halogenated alkanes) is 1. The maximum absolute atomic E-state index is 12.3. The van der Waals surface area contributed by atoms with E-state index in [1.54, 1.807) is 11.0 Å². The Labute approximate surface area is 130 Å². The lowest BCUT2D eigenvalue weighted by Gasteiger charge is -2.18. The lowest BCUT2D eigenvalue weighted by molar-refractivity contribution is 0.0720. The fourth-order valence-corrected chi connectivity index (χ4v) is 2.07. The predicted molar refractivity (Wildman–Crippen MR) is 83.8 cm³/mol. The van der Waals surface area contributed by atoms with Crippen molar-refractivity contribution >= 4 is 5.91 Å². The third-order valence-electron chi connectivity index (χ3n) is 3.38. The number of aromatic nitrogens is 1. The molecule has 0 N–H and O–H groups in total. The van der Waals surface area contributed by atoms with Crippen LogP contribution in [-0.4, -0.2) is 29.1 Å². The number of hydrogen-bond donors (Lipinski definition) is 0. The molecule has 0 saturated carbocycles. The smallest absolute Gasteiger partial charge is 0.292 e. The Balaban J connectivity index is 1.93. The standard InChI is InChI=1S/C17H22N2O3/c1-3-5-11-19(4-2)17(20)15-12-16(18-22-15)21-13-14-9-7-6-8-10-14/h6-10,12H,3-5,11,13H2,1-2H3. The molecule has 0 unspecified atom stereocenters. The molecule has 1 heterocycles. The first kappa shape index (κ1) is 16.1. The molecule has 0 radical (unpaired) electrons. The van der Waals surface area contributed by atoms with E-state index in [9.17, 15) is 4.79 Å². The molecule has 0 aliphatic carbocycles. The monoisotopic (exact) mass is 302 g/mol. The van der Waals surface area contributed by atoms with Crippen molar-refractivity contribution < 1.29 is 14.1 Å². The average Bonchev–Trinajstić information content (AvgIpc) is 3.03. The average molecular weight is 302 g/mol. The highest BCUT2D eigenvalue weighted by Gasteiger charge is 2.19. The second-order valence-electron chi connectivity index (χ2n) is 5.04. The minimum absolute atomic E-state index is 0.141. The highest BCUT2D eigenvalue weighted by Crippen LogP contribution is 2.15. The Morgan fingerprint density at radius 1 is 1.27 bits per heavy atom. The van der Waals surface area contributed by atoms with E-state index in [4.69, 9.17) is 9.26 Å². The van der Waals surface area contributed by atoms with Gasteiger partial charge in [0, 0.05) is 13.1 Å². The van der Waals surface area contributed by atoms with E-state index < -0.39 is 0 Å². The second-order valence-corrected chi connectivity index (χ2v) is 5.04. The molecular formula is C17H22N2O3. The molecule has 1 aromatic heterocycles. The van der Waals surface area contributed by atoms with Gasteiger partial charge in [-0.2, -0.15) is 0 Å². The predicted octanol–water partition coefficient (Wildman–Crippen LogP) is 3.52. The van der Waals surface area contributed by atoms with Gasteiger partial charge in [-0.15, -0.1) is 0 Å². The fraction of sp³-hybridized carbons (Fsp3) is 0.412. The van der Waals surface area contributed by atoms with Gasteiger partial charge in [-0.05, 0) is 24.1 Å². The zero-order valence-corrected chi connectivity index (χ0v) is 13.1. The van der Waals surface area contributed by atoms with E-state index in [0.717, 1.165) is 24.9 Å². The van der Waals surface area contributed by atoms with Gasteiger partial charge in [-0.1, -0.05) is 43.7 Å². The molecule has 5 nitrogen and oxygen atoms in total. The highest BCUT2D eigenvalue weighted by atomic mass is 16.5. The molecule has 2 rings (SSSR count). The summed E-state index contributed by atoms with van der Waals surface area (Å²) >= 11 is 0. The maximum Gasteiger partial charge on any atom is 0.292 e. The molecule has 2 aromatic rings. The topological polar surface area (TPSA) is 55.6 Å². The van der Waals surface area contributed by atoms with Crippen molar-refractivity contribution in [2.24, 2.45) is 0 Å². The summed E-state index contributed by atoms with van der Waals surface area (Å²) in [6, 6.07) is 11.3. The van der Waals surface area contributed by atoms with E-state index in [1.807, 2.05) is 37.3 Å². The third kappa shape index (κ3) is 4.35. The van der Waals surface area contributed by atoms with Crippen LogP contribution >= 0.6 is 0 Å². The largest absolute Gasteiger partial charge is 0.471 e. The van der Waals surface area contributed by atoms with Gasteiger partial charge in [0.15, 0.2) is 0 Å². The summed E-state index contributed by atoms with van der Waals surface area (Å²) in [4.78, 5) is 14.1. The molecular weight excluding hydrogens is 280 g/mol. The molecule has 0 bridgehead atoms. The number of carbonyl (C=O) groups excluding carboxylic acids is 1. The summed E-state index contributed by atoms with van der Waals surface area (Å²) in [6.07, 6.45) is 2.02. The van der Waals surface area contributed by atoms with Crippen LogP contribution < -0.4 is 4.74 Å². The Kier molecular flexibility index (Phi) is 6.01. The van der Waals surface area contributed by atoms with E-state index in [0.29, 0.717) is 19.0 Å². The number of hydrogen-bond acceptors (Lipinski definition) is 4. The molecule has 0 fully saturated rings. The van der Waals surface area contributed by atoms with Crippen LogP contribution in [0.4, 0.5) is 0 Å². The first-order valence-electron chi connectivity index (χ1n) is 7.67. The van der Waals surface area contributed by atoms with Crippen molar-refractivity contribution in [2.45, 2.75) is 33.3 Å². The first-order chi connectivity index (χ1) is 10.7. The molecule has 0 aliphatic rings. The molecule has 22 heavy (non-hydrogen) atoms. The Bertz CT molecular complexity index is 581. The van der Waals surface area contributed by atoms with E-state index >= 15 is 0 Å². The van der Waals surface area contributed by atoms with Crippen molar-refractivity contribution in [1.29, 1.82) is 0 Å². The van der Waals surface area contributed by atoms with Gasteiger partial charge in [0.1, 0.15) is 6.61 Å². The van der Waals surface area contributed by atoms with Crippen LogP contribution in [0.3, 0.4) is 0 Å². The van der Waals surface area contributed by atoms with Crippen molar-refractivity contribution in [3.63, 3.8) is 0 Å². The normalized spacial score (nSPS) is 10.5. The van der Waals surface area contributed by atoms with Gasteiger partial charge in [-0.3, -0.25) is 4.79 Å². The summed E-state index contributed by atoms with van der Waals surface area (Å²) in [6.45, 7) is 5.83. The summed E-state index contributed by atoms with van der Waals surface area (Å²) in [5.74, 6) is 0.415. The highest BCUT2D eigenvalue weighted by molar-refractivity contribution is 5.91. The molecule has 0 aliphatic heterocycles. The number of benzene rings is 1. The minimum atomic E-state index is -0.141. The molecule has 0 atom stereocenters. The second kappa shape index (κ2) is 8.22. The van der Waals surface area contributed by atoms with Crippen molar-refractivity contribution in [3.8, 4) is 5.88 Å². The number of carbonyl (C=O) groups is 1. The molecule has 0 spiro atoms. The van der Waals surface area contributed by atoms with Gasteiger partial charge >= 0.3 is 0 Å². The van der Waals surface area contributed by atoms with E-state index in [-0.39, 0.29) is 11.7 Å². The van der Waals surface area contributed by atoms with Crippen molar-refractivity contribution in [3.05, 3.63) is 47.7 Å². The van der Waals surface area contributed by atoms with Crippen molar-refractivity contribution in [2.75, 3.05) is 13.1 Å². The van der Waals surface area contributed by atoms with Crippen LogP contribution in [0.15, 0.2) is 40.9 Å². The quantitative estimate of drug-likeness (QED) is 0.748. The maximum atomic E-state index is 12.3. The summed E-state index contributed by atoms with van der Waals surface area (Å²) in [5, 5.41) is 3.80. The molecule has 118 valence electrons. The van der Waals surface area contributed by atoms with Gasteiger partial charge < -0.3 is 14.2 Å². The van der Waals surface area contributed by atoms with Crippen LogP contribution in [0.1, 0.15) is 42.8 Å². The van der Waals surface area contributed by atoms with Crippen molar-refractivity contribution in [1.82, 2.24) is 10.1 Å². The number of ether oxygens (including phenoxy) is 1. The third-order valence-corrected chi connectivity index (χ3v) is 3.38. The van der Waals surface area contributed by atoms with Gasteiger partial charge in [-0.25, -0.2) is 0 Å². The van der Waals surface area contributed by atoms with Gasteiger partial charge in [0.2, 0.25) is 5.76 Å². The van der Waals surface area contributed by atoms with Crippen LogP contribution in [-0.2, 0) is 6.61 Å². The van der Waals surface area contributed by atoms with Crippen LogP contribution in [0.5, 0.6) is 5.88 Å². The number of rotatable bonds is 8. The van der Waals surface area contributed by atoms with Gasteiger partial charge in [0.25, 0.3) is 11.8 Å². The van der Waals surface area contributed by atoms with E-state index in [2.05, 4.69) is 12.1 Å². The minimum Gasteiger partial charge on any atom is -0.471 e. The summed E-state index contributed by atoms with van der Waals surface area (Å²) < 4.78 is 10.7. The van der Waals surface area contributed by atoms with Gasteiger partial charge in [0.05, 0.1) is 6.07 Å².